The molecule has 0 saturated carbocycles. The van der Waals surface area contributed by atoms with Crippen molar-refractivity contribution >= 4 is 5.97 Å². The minimum atomic E-state index is -1.20. The summed E-state index contributed by atoms with van der Waals surface area (Å²) < 4.78 is 12.7. The molecule has 2 rings (SSSR count). The van der Waals surface area contributed by atoms with Crippen molar-refractivity contribution in [3.63, 3.8) is 0 Å². The molecule has 0 radical (unpaired) electrons. The van der Waals surface area contributed by atoms with E-state index in [1.807, 2.05) is 0 Å². The number of rotatable bonds is 2. The first-order valence-corrected chi connectivity index (χ1v) is 4.74. The van der Waals surface area contributed by atoms with Crippen LogP contribution in [0.25, 0.3) is 11.1 Å². The molecule has 0 atom stereocenters. The molecule has 0 saturated heterocycles. The average molecular weight is 215 g/mol. The van der Waals surface area contributed by atoms with Crippen LogP contribution in [0.5, 0.6) is 0 Å². The molecule has 0 amide bonds. The molecule has 0 spiro atoms. The molecule has 2 nitrogen and oxygen atoms in total. The second-order valence-corrected chi connectivity index (χ2v) is 3.37. The number of carboxylic acid groups (broad SMARTS) is 1. The van der Waals surface area contributed by atoms with E-state index in [-0.39, 0.29) is 11.4 Å². The summed E-state index contributed by atoms with van der Waals surface area (Å²) in [5.74, 6) is -1.50. The summed E-state index contributed by atoms with van der Waals surface area (Å²) in [6, 6.07) is 12.3. The maximum absolute atomic E-state index is 12.7. The first-order chi connectivity index (χ1) is 7.66. The van der Waals surface area contributed by atoms with Gasteiger partial charge in [0.2, 0.25) is 0 Å². The molecule has 0 N–H and O–H groups in total. The smallest absolute Gasteiger partial charge is 0.123 e. The van der Waals surface area contributed by atoms with Crippen molar-refractivity contribution in [2.45, 2.75) is 0 Å². The summed E-state index contributed by atoms with van der Waals surface area (Å²) in [7, 11) is 0. The molecule has 0 heterocycles. The first kappa shape index (κ1) is 10.4. The van der Waals surface area contributed by atoms with E-state index in [0.717, 1.165) is 11.1 Å². The van der Waals surface area contributed by atoms with Crippen molar-refractivity contribution in [3.05, 3.63) is 59.9 Å². The maximum Gasteiger partial charge on any atom is 0.123 e. The molecule has 2 aromatic carbocycles. The third kappa shape index (κ3) is 2.08. The SMILES string of the molecule is O=C([O-])c1ccc(-c2ccc(F)cc2)cc1. The molecular formula is C13H8FO2-. The predicted octanol–water partition coefficient (Wildman–Crippen LogP) is 1.86. The lowest BCUT2D eigenvalue weighted by Crippen LogP contribution is -2.21. The summed E-state index contributed by atoms with van der Waals surface area (Å²) in [6.45, 7) is 0. The first-order valence-electron chi connectivity index (χ1n) is 4.74. The lowest BCUT2D eigenvalue weighted by Gasteiger charge is -2.04. The largest absolute Gasteiger partial charge is 0.545 e. The van der Waals surface area contributed by atoms with E-state index in [0.29, 0.717) is 0 Å². The van der Waals surface area contributed by atoms with Gasteiger partial charge in [0.15, 0.2) is 0 Å². The molecule has 0 unspecified atom stereocenters. The van der Waals surface area contributed by atoms with Crippen LogP contribution >= 0.6 is 0 Å². The van der Waals surface area contributed by atoms with E-state index in [1.165, 1.54) is 24.3 Å². The molecule has 0 aliphatic heterocycles. The van der Waals surface area contributed by atoms with Gasteiger partial charge in [-0.05, 0) is 28.8 Å². The van der Waals surface area contributed by atoms with Gasteiger partial charge in [-0.2, -0.15) is 0 Å². The average Bonchev–Trinajstić information content (AvgIpc) is 2.30. The fourth-order valence-corrected chi connectivity index (χ4v) is 1.44. The van der Waals surface area contributed by atoms with Crippen molar-refractivity contribution in [2.75, 3.05) is 0 Å². The summed E-state index contributed by atoms with van der Waals surface area (Å²) in [5.41, 5.74) is 1.81. The van der Waals surface area contributed by atoms with Gasteiger partial charge in [0.05, 0.1) is 5.97 Å². The number of aromatic carboxylic acids is 1. The lowest BCUT2D eigenvalue weighted by atomic mass is 10.0. The van der Waals surface area contributed by atoms with Crippen molar-refractivity contribution in [3.8, 4) is 11.1 Å². The molecule has 0 aliphatic rings. The highest BCUT2D eigenvalue weighted by Gasteiger charge is 1.98. The van der Waals surface area contributed by atoms with E-state index in [2.05, 4.69) is 0 Å². The van der Waals surface area contributed by atoms with Gasteiger partial charge in [-0.3, -0.25) is 0 Å². The molecule has 0 aromatic heterocycles. The summed E-state index contributed by atoms with van der Waals surface area (Å²) >= 11 is 0. The van der Waals surface area contributed by atoms with Gasteiger partial charge in [0.25, 0.3) is 0 Å². The van der Waals surface area contributed by atoms with Crippen molar-refractivity contribution in [2.24, 2.45) is 0 Å². The van der Waals surface area contributed by atoms with Gasteiger partial charge in [0.1, 0.15) is 5.82 Å². The molecule has 2 aromatic rings. The van der Waals surface area contributed by atoms with Crippen LogP contribution in [0.1, 0.15) is 10.4 Å². The monoisotopic (exact) mass is 215 g/mol. The van der Waals surface area contributed by atoms with Crippen LogP contribution in [-0.2, 0) is 0 Å². The van der Waals surface area contributed by atoms with Crippen LogP contribution in [0.2, 0.25) is 0 Å². The molecule has 3 heteroatoms. The van der Waals surface area contributed by atoms with Gasteiger partial charge in [-0.15, -0.1) is 0 Å². The number of halogens is 1. The van der Waals surface area contributed by atoms with Gasteiger partial charge in [0, 0.05) is 0 Å². The normalized spacial score (nSPS) is 10.1. The maximum atomic E-state index is 12.7. The van der Waals surface area contributed by atoms with Crippen molar-refractivity contribution in [1.29, 1.82) is 0 Å². The minimum absolute atomic E-state index is 0.130. The number of hydrogen-bond acceptors (Lipinski definition) is 2. The van der Waals surface area contributed by atoms with Gasteiger partial charge < -0.3 is 9.90 Å². The third-order valence-electron chi connectivity index (χ3n) is 2.30. The number of benzene rings is 2. The van der Waals surface area contributed by atoms with E-state index in [1.54, 1.807) is 24.3 Å². The molecular weight excluding hydrogens is 207 g/mol. The Morgan fingerprint density at radius 1 is 0.875 bits per heavy atom. The second kappa shape index (κ2) is 4.14. The zero-order valence-corrected chi connectivity index (χ0v) is 8.31. The van der Waals surface area contributed by atoms with Gasteiger partial charge in [-0.1, -0.05) is 36.4 Å². The van der Waals surface area contributed by atoms with Gasteiger partial charge in [-0.25, -0.2) is 4.39 Å². The Labute approximate surface area is 92.0 Å². The van der Waals surface area contributed by atoms with Crippen molar-refractivity contribution < 1.29 is 14.3 Å². The van der Waals surface area contributed by atoms with Crippen LogP contribution < -0.4 is 5.11 Å². The van der Waals surface area contributed by atoms with Gasteiger partial charge >= 0.3 is 0 Å². The molecule has 0 bridgehead atoms. The van der Waals surface area contributed by atoms with Crippen LogP contribution in [0.15, 0.2) is 48.5 Å². The quantitative estimate of drug-likeness (QED) is 0.767. The Balaban J connectivity index is 2.34. The van der Waals surface area contributed by atoms with E-state index < -0.39 is 5.97 Å². The topological polar surface area (TPSA) is 40.1 Å². The Bertz CT molecular complexity index is 500. The Morgan fingerprint density at radius 3 is 1.75 bits per heavy atom. The highest BCUT2D eigenvalue weighted by atomic mass is 19.1. The van der Waals surface area contributed by atoms with E-state index in [4.69, 9.17) is 0 Å². The highest BCUT2D eigenvalue weighted by molar-refractivity contribution is 5.86. The van der Waals surface area contributed by atoms with Crippen LogP contribution in [0, 0.1) is 5.82 Å². The summed E-state index contributed by atoms with van der Waals surface area (Å²) in [4.78, 5) is 10.5. The number of hydrogen-bond donors (Lipinski definition) is 0. The Hall–Kier alpha value is -2.16. The molecule has 0 fully saturated rings. The standard InChI is InChI=1S/C13H9FO2/c14-12-7-5-10(6-8-12)9-1-3-11(4-2-9)13(15)16/h1-8H,(H,15,16)/p-1. The highest BCUT2D eigenvalue weighted by Crippen LogP contribution is 2.19. The second-order valence-electron chi connectivity index (χ2n) is 3.37. The number of carboxylic acids is 1. The molecule has 0 aliphatic carbocycles. The van der Waals surface area contributed by atoms with Crippen LogP contribution in [-0.4, -0.2) is 5.97 Å². The summed E-state index contributed by atoms with van der Waals surface area (Å²) in [5, 5.41) is 10.5. The zero-order chi connectivity index (χ0) is 11.5. The molecule has 80 valence electrons. The predicted molar refractivity (Wildman–Crippen MR) is 56.2 cm³/mol. The molecule has 16 heavy (non-hydrogen) atoms. The number of carbonyl (C=O) groups is 1. The summed E-state index contributed by atoms with van der Waals surface area (Å²) in [6.07, 6.45) is 0. The van der Waals surface area contributed by atoms with E-state index in [9.17, 15) is 14.3 Å². The van der Waals surface area contributed by atoms with Crippen molar-refractivity contribution in [1.82, 2.24) is 0 Å². The number of carbonyl (C=O) groups excluding carboxylic acids is 1. The minimum Gasteiger partial charge on any atom is -0.545 e. The third-order valence-corrected chi connectivity index (χ3v) is 2.30. The lowest BCUT2D eigenvalue weighted by molar-refractivity contribution is -0.255. The Morgan fingerprint density at radius 2 is 1.31 bits per heavy atom. The van der Waals surface area contributed by atoms with Crippen LogP contribution in [0.3, 0.4) is 0 Å². The Kier molecular flexibility index (Phi) is 2.68. The fourth-order valence-electron chi connectivity index (χ4n) is 1.44. The fraction of sp³-hybridized carbons (Fsp3) is 0. The van der Waals surface area contributed by atoms with E-state index >= 15 is 0 Å². The zero-order valence-electron chi connectivity index (χ0n) is 8.31. The van der Waals surface area contributed by atoms with Crippen LogP contribution in [0.4, 0.5) is 4.39 Å².